The summed E-state index contributed by atoms with van der Waals surface area (Å²) >= 11 is 3.23. The summed E-state index contributed by atoms with van der Waals surface area (Å²) in [6, 6.07) is 0. The summed E-state index contributed by atoms with van der Waals surface area (Å²) in [6.45, 7) is 5.74. The number of carboxylic acid groups (broad SMARTS) is 1. The molecule has 0 aromatic rings. The van der Waals surface area contributed by atoms with Crippen LogP contribution in [0.4, 0.5) is 0 Å². The van der Waals surface area contributed by atoms with Gasteiger partial charge >= 0.3 is 5.97 Å². The van der Waals surface area contributed by atoms with Crippen LogP contribution in [0.1, 0.15) is 33.6 Å². The lowest BCUT2D eigenvalue weighted by molar-refractivity contribution is -0.140. The maximum absolute atomic E-state index is 10.7. The Hall–Kier alpha value is -0.0500. The maximum Gasteiger partial charge on any atom is 0.320 e. The molecule has 0 bridgehead atoms. The molecular formula is C8H15BrO2. The third kappa shape index (κ3) is 2.47. The maximum atomic E-state index is 10.7. The molecule has 0 aliphatic carbocycles. The van der Waals surface area contributed by atoms with Crippen LogP contribution in [0.15, 0.2) is 0 Å². The average molecular weight is 223 g/mol. The number of halogens is 1. The van der Waals surface area contributed by atoms with Gasteiger partial charge in [0, 0.05) is 0 Å². The normalized spacial score (nSPS) is 16.5. The van der Waals surface area contributed by atoms with Crippen molar-refractivity contribution < 1.29 is 9.90 Å². The molecule has 0 fully saturated rings. The van der Waals surface area contributed by atoms with Crippen LogP contribution in [0.2, 0.25) is 0 Å². The third-order valence-electron chi connectivity index (χ3n) is 2.17. The van der Waals surface area contributed by atoms with Crippen molar-refractivity contribution in [2.24, 2.45) is 5.92 Å². The molecule has 1 unspecified atom stereocenters. The fraction of sp³-hybridized carbons (Fsp3) is 0.875. The molecule has 0 aromatic carbocycles. The van der Waals surface area contributed by atoms with Gasteiger partial charge in [0.1, 0.15) is 4.32 Å². The molecule has 0 spiro atoms. The lowest BCUT2D eigenvalue weighted by Crippen LogP contribution is -2.36. The van der Waals surface area contributed by atoms with E-state index in [2.05, 4.69) is 15.9 Å². The Bertz CT molecular complexity index is 139. The summed E-state index contributed by atoms with van der Waals surface area (Å²) in [5.41, 5.74) is 0. The molecule has 0 heterocycles. The van der Waals surface area contributed by atoms with Crippen molar-refractivity contribution in [2.75, 3.05) is 0 Å². The summed E-state index contributed by atoms with van der Waals surface area (Å²) in [6.07, 6.45) is 1.79. The number of carbonyl (C=O) groups is 1. The van der Waals surface area contributed by atoms with Gasteiger partial charge in [-0.2, -0.15) is 0 Å². The first-order valence-corrected chi connectivity index (χ1v) is 4.68. The van der Waals surface area contributed by atoms with E-state index < -0.39 is 10.3 Å². The van der Waals surface area contributed by atoms with Gasteiger partial charge in [-0.05, 0) is 12.8 Å². The van der Waals surface area contributed by atoms with Crippen molar-refractivity contribution >= 4 is 21.9 Å². The van der Waals surface area contributed by atoms with Gasteiger partial charge in [0.05, 0.1) is 0 Å². The van der Waals surface area contributed by atoms with Gasteiger partial charge in [0.2, 0.25) is 0 Å². The van der Waals surface area contributed by atoms with Crippen molar-refractivity contribution in [2.45, 2.75) is 37.9 Å². The molecule has 2 nitrogen and oxygen atoms in total. The minimum absolute atomic E-state index is 0.208. The second kappa shape index (κ2) is 4.10. The zero-order chi connectivity index (χ0) is 9.07. The molecule has 66 valence electrons. The van der Waals surface area contributed by atoms with Crippen molar-refractivity contribution in [3.05, 3.63) is 0 Å². The van der Waals surface area contributed by atoms with Gasteiger partial charge in [0.15, 0.2) is 0 Å². The lowest BCUT2D eigenvalue weighted by Gasteiger charge is -2.26. The minimum Gasteiger partial charge on any atom is -0.480 e. The van der Waals surface area contributed by atoms with Crippen LogP contribution in [0.25, 0.3) is 0 Å². The zero-order valence-corrected chi connectivity index (χ0v) is 8.81. The second-order valence-corrected chi connectivity index (χ2v) is 4.54. The quantitative estimate of drug-likeness (QED) is 0.744. The fourth-order valence-electron chi connectivity index (χ4n) is 1.23. The highest BCUT2D eigenvalue weighted by atomic mass is 79.9. The van der Waals surface area contributed by atoms with E-state index in [-0.39, 0.29) is 5.92 Å². The Morgan fingerprint density at radius 2 is 1.91 bits per heavy atom. The van der Waals surface area contributed by atoms with Crippen molar-refractivity contribution in [3.8, 4) is 0 Å². The van der Waals surface area contributed by atoms with Crippen molar-refractivity contribution in [1.82, 2.24) is 0 Å². The molecular weight excluding hydrogens is 208 g/mol. The first-order chi connectivity index (χ1) is 4.96. The molecule has 0 aliphatic rings. The van der Waals surface area contributed by atoms with Gasteiger partial charge in [-0.3, -0.25) is 4.79 Å². The Morgan fingerprint density at radius 3 is 2.00 bits per heavy atom. The van der Waals surface area contributed by atoms with E-state index in [4.69, 9.17) is 5.11 Å². The Kier molecular flexibility index (Phi) is 4.08. The van der Waals surface area contributed by atoms with Crippen LogP contribution in [0.5, 0.6) is 0 Å². The standard InChI is InChI=1S/C8H15BrO2/c1-4-6(5-2)8(3,9)7(10)11/h6H,4-5H2,1-3H3,(H,10,11). The van der Waals surface area contributed by atoms with Crippen LogP contribution in [0, 0.1) is 5.92 Å². The van der Waals surface area contributed by atoms with E-state index in [0.717, 1.165) is 12.8 Å². The number of carboxylic acids is 1. The highest BCUT2D eigenvalue weighted by Crippen LogP contribution is 2.32. The molecule has 1 atom stereocenters. The summed E-state index contributed by atoms with van der Waals surface area (Å²) < 4.78 is -0.753. The Balaban J connectivity index is 4.36. The van der Waals surface area contributed by atoms with Crippen LogP contribution in [-0.2, 0) is 4.79 Å². The third-order valence-corrected chi connectivity index (χ3v) is 3.16. The summed E-state index contributed by atoms with van der Waals surface area (Å²) in [5.74, 6) is -0.564. The van der Waals surface area contributed by atoms with Gasteiger partial charge in [-0.25, -0.2) is 0 Å². The van der Waals surface area contributed by atoms with E-state index in [9.17, 15) is 4.79 Å². The van der Waals surface area contributed by atoms with Gasteiger partial charge in [-0.15, -0.1) is 0 Å². The Morgan fingerprint density at radius 1 is 1.55 bits per heavy atom. The van der Waals surface area contributed by atoms with Crippen LogP contribution in [0.3, 0.4) is 0 Å². The molecule has 0 radical (unpaired) electrons. The molecule has 0 aromatic heterocycles. The first kappa shape index (κ1) is 11.0. The number of hydrogen-bond donors (Lipinski definition) is 1. The number of hydrogen-bond acceptors (Lipinski definition) is 1. The summed E-state index contributed by atoms with van der Waals surface area (Å²) in [5, 5.41) is 8.83. The van der Waals surface area contributed by atoms with E-state index >= 15 is 0 Å². The molecule has 1 N–H and O–H groups in total. The second-order valence-electron chi connectivity index (χ2n) is 2.89. The van der Waals surface area contributed by atoms with E-state index in [0.29, 0.717) is 0 Å². The predicted molar refractivity (Wildman–Crippen MR) is 49.0 cm³/mol. The topological polar surface area (TPSA) is 37.3 Å². The number of rotatable bonds is 4. The highest BCUT2D eigenvalue weighted by molar-refractivity contribution is 9.10. The highest BCUT2D eigenvalue weighted by Gasteiger charge is 2.36. The smallest absolute Gasteiger partial charge is 0.320 e. The molecule has 0 saturated carbocycles. The molecule has 11 heavy (non-hydrogen) atoms. The zero-order valence-electron chi connectivity index (χ0n) is 7.22. The van der Waals surface area contributed by atoms with E-state index in [1.54, 1.807) is 6.92 Å². The van der Waals surface area contributed by atoms with Crippen molar-refractivity contribution in [1.29, 1.82) is 0 Å². The fourth-order valence-corrected chi connectivity index (χ4v) is 1.88. The van der Waals surface area contributed by atoms with Crippen LogP contribution < -0.4 is 0 Å². The van der Waals surface area contributed by atoms with E-state index in [1.807, 2.05) is 13.8 Å². The predicted octanol–water partition coefficient (Wildman–Crippen LogP) is 2.66. The number of alkyl halides is 1. The SMILES string of the molecule is CCC(CC)C(C)(Br)C(=O)O. The van der Waals surface area contributed by atoms with Gasteiger partial charge in [0.25, 0.3) is 0 Å². The molecule has 3 heteroatoms. The average Bonchev–Trinajstić information content (AvgIpc) is 1.89. The summed E-state index contributed by atoms with van der Waals surface area (Å²) in [7, 11) is 0. The van der Waals surface area contributed by atoms with Gasteiger partial charge in [-0.1, -0.05) is 42.6 Å². The van der Waals surface area contributed by atoms with Crippen LogP contribution >= 0.6 is 15.9 Å². The molecule has 0 aliphatic heterocycles. The minimum atomic E-state index is -0.772. The monoisotopic (exact) mass is 222 g/mol. The molecule has 0 amide bonds. The lowest BCUT2D eigenvalue weighted by atomic mass is 9.89. The van der Waals surface area contributed by atoms with E-state index in [1.165, 1.54) is 0 Å². The Labute approximate surface area is 76.1 Å². The summed E-state index contributed by atoms with van der Waals surface area (Å²) in [4.78, 5) is 10.7. The largest absolute Gasteiger partial charge is 0.480 e. The van der Waals surface area contributed by atoms with Crippen LogP contribution in [-0.4, -0.2) is 15.4 Å². The molecule has 0 saturated heterocycles. The molecule has 0 rings (SSSR count). The first-order valence-electron chi connectivity index (χ1n) is 3.89. The number of aliphatic carboxylic acids is 1. The van der Waals surface area contributed by atoms with Gasteiger partial charge < -0.3 is 5.11 Å². The van der Waals surface area contributed by atoms with Crippen molar-refractivity contribution in [3.63, 3.8) is 0 Å².